The molecule has 1 aromatic heterocycles. The number of rotatable bonds is 5. The van der Waals surface area contributed by atoms with Crippen LogP contribution in [-0.4, -0.2) is 30.6 Å². The highest BCUT2D eigenvalue weighted by Gasteiger charge is 2.20. The maximum atomic E-state index is 11.5. The molecule has 104 valence electrons. The second kappa shape index (κ2) is 6.68. The van der Waals surface area contributed by atoms with Gasteiger partial charge < -0.3 is 15.4 Å². The highest BCUT2D eigenvalue weighted by Crippen LogP contribution is 2.22. The Bertz CT molecular complexity index is 506. The number of para-hydroxylation sites is 1. The minimum atomic E-state index is -0.734. The summed E-state index contributed by atoms with van der Waals surface area (Å²) in [6, 6.07) is 14.5. The third-order valence-corrected chi connectivity index (χ3v) is 2.88. The van der Waals surface area contributed by atoms with Gasteiger partial charge in [0.15, 0.2) is 0 Å². The first kappa shape index (κ1) is 14.0. The molecule has 0 unspecified atom stereocenters. The van der Waals surface area contributed by atoms with Crippen molar-refractivity contribution in [1.82, 2.24) is 4.98 Å². The molecule has 2 rings (SSSR count). The molecule has 0 aliphatic rings. The van der Waals surface area contributed by atoms with E-state index in [2.05, 4.69) is 9.72 Å². The number of carbonyl (C=O) groups excluding carboxylic acids is 1. The molecule has 0 spiro atoms. The molecule has 0 aliphatic heterocycles. The molecular weight excluding hydrogens is 254 g/mol. The molecule has 2 aromatic rings. The average molecular weight is 271 g/mol. The van der Waals surface area contributed by atoms with Crippen molar-refractivity contribution in [3.05, 3.63) is 54.7 Å². The van der Waals surface area contributed by atoms with Crippen molar-refractivity contribution in [2.45, 2.75) is 6.04 Å². The first-order valence-corrected chi connectivity index (χ1v) is 6.29. The molecule has 0 amide bonds. The van der Waals surface area contributed by atoms with Gasteiger partial charge in [0.05, 0.1) is 13.7 Å². The first-order chi connectivity index (χ1) is 9.72. The molecule has 0 fully saturated rings. The fourth-order valence-electron chi connectivity index (χ4n) is 1.88. The number of aromatic nitrogens is 1. The molecule has 20 heavy (non-hydrogen) atoms. The van der Waals surface area contributed by atoms with E-state index in [1.165, 1.54) is 7.11 Å². The fraction of sp³-hybridized carbons (Fsp3) is 0.200. The Balaban J connectivity index is 2.28. The summed E-state index contributed by atoms with van der Waals surface area (Å²) in [6.07, 6.45) is 1.70. The van der Waals surface area contributed by atoms with Crippen LogP contribution in [0.15, 0.2) is 54.7 Å². The lowest BCUT2D eigenvalue weighted by Crippen LogP contribution is -2.42. The van der Waals surface area contributed by atoms with Gasteiger partial charge in [-0.2, -0.15) is 0 Å². The van der Waals surface area contributed by atoms with Crippen molar-refractivity contribution < 1.29 is 9.53 Å². The second-order valence-corrected chi connectivity index (χ2v) is 4.26. The minimum absolute atomic E-state index is 0.299. The summed E-state index contributed by atoms with van der Waals surface area (Å²) >= 11 is 0. The van der Waals surface area contributed by atoms with E-state index in [1.54, 1.807) is 6.20 Å². The lowest BCUT2D eigenvalue weighted by molar-refractivity contribution is -0.141. The Morgan fingerprint density at radius 2 is 1.95 bits per heavy atom. The molecule has 1 atom stereocenters. The molecular formula is C15H17N3O2. The van der Waals surface area contributed by atoms with E-state index in [0.717, 1.165) is 11.5 Å². The molecule has 2 N–H and O–H groups in total. The van der Waals surface area contributed by atoms with Crippen LogP contribution in [0.2, 0.25) is 0 Å². The Morgan fingerprint density at radius 1 is 1.25 bits per heavy atom. The molecule has 0 saturated heterocycles. The Labute approximate surface area is 118 Å². The Morgan fingerprint density at radius 3 is 2.55 bits per heavy atom. The summed E-state index contributed by atoms with van der Waals surface area (Å²) in [7, 11) is 1.33. The summed E-state index contributed by atoms with van der Waals surface area (Å²) in [5, 5.41) is 0. The van der Waals surface area contributed by atoms with E-state index in [9.17, 15) is 4.79 Å². The van der Waals surface area contributed by atoms with Gasteiger partial charge in [0.2, 0.25) is 0 Å². The van der Waals surface area contributed by atoms with E-state index < -0.39 is 12.0 Å². The predicted molar refractivity (Wildman–Crippen MR) is 77.7 cm³/mol. The number of hydrogen-bond acceptors (Lipinski definition) is 5. The van der Waals surface area contributed by atoms with Crippen molar-refractivity contribution in [2.75, 3.05) is 18.6 Å². The Hall–Kier alpha value is -2.40. The zero-order valence-electron chi connectivity index (χ0n) is 11.3. The van der Waals surface area contributed by atoms with Crippen molar-refractivity contribution in [1.29, 1.82) is 0 Å². The monoisotopic (exact) mass is 271 g/mol. The fourth-order valence-corrected chi connectivity index (χ4v) is 1.88. The highest BCUT2D eigenvalue weighted by molar-refractivity contribution is 5.77. The zero-order chi connectivity index (χ0) is 14.4. The van der Waals surface area contributed by atoms with Crippen LogP contribution in [0.1, 0.15) is 0 Å². The summed E-state index contributed by atoms with van der Waals surface area (Å²) < 4.78 is 4.67. The van der Waals surface area contributed by atoms with Crippen LogP contribution in [-0.2, 0) is 9.53 Å². The summed E-state index contributed by atoms with van der Waals surface area (Å²) in [5.74, 6) is 0.292. The largest absolute Gasteiger partial charge is 0.468 e. The molecule has 0 radical (unpaired) electrons. The van der Waals surface area contributed by atoms with Crippen LogP contribution in [0.5, 0.6) is 0 Å². The van der Waals surface area contributed by atoms with Crippen LogP contribution in [0.25, 0.3) is 0 Å². The van der Waals surface area contributed by atoms with Crippen molar-refractivity contribution in [3.63, 3.8) is 0 Å². The number of hydrogen-bond donors (Lipinski definition) is 1. The van der Waals surface area contributed by atoms with Crippen LogP contribution in [0.4, 0.5) is 11.5 Å². The second-order valence-electron chi connectivity index (χ2n) is 4.26. The maximum Gasteiger partial charge on any atom is 0.324 e. The van der Waals surface area contributed by atoms with Gasteiger partial charge in [-0.05, 0) is 24.3 Å². The quantitative estimate of drug-likeness (QED) is 0.839. The number of anilines is 2. The maximum absolute atomic E-state index is 11.5. The van der Waals surface area contributed by atoms with E-state index in [-0.39, 0.29) is 0 Å². The number of benzene rings is 1. The number of carbonyl (C=O) groups is 1. The zero-order valence-corrected chi connectivity index (χ0v) is 11.3. The minimum Gasteiger partial charge on any atom is -0.468 e. The van der Waals surface area contributed by atoms with Crippen molar-refractivity contribution >= 4 is 17.5 Å². The molecule has 5 nitrogen and oxygen atoms in total. The summed E-state index contributed by atoms with van der Waals surface area (Å²) in [5.41, 5.74) is 6.78. The number of pyridine rings is 1. The van der Waals surface area contributed by atoms with Gasteiger partial charge in [-0.25, -0.2) is 4.98 Å². The van der Waals surface area contributed by atoms with Crippen molar-refractivity contribution in [2.24, 2.45) is 5.73 Å². The van der Waals surface area contributed by atoms with E-state index in [0.29, 0.717) is 6.54 Å². The lowest BCUT2D eigenvalue weighted by Gasteiger charge is -2.25. The molecule has 0 saturated carbocycles. The predicted octanol–water partition coefficient (Wildman–Crippen LogP) is 1.72. The van der Waals surface area contributed by atoms with Gasteiger partial charge in [0.1, 0.15) is 11.9 Å². The van der Waals surface area contributed by atoms with Crippen molar-refractivity contribution in [3.8, 4) is 0 Å². The van der Waals surface area contributed by atoms with E-state index >= 15 is 0 Å². The van der Waals surface area contributed by atoms with Crippen LogP contribution >= 0.6 is 0 Å². The van der Waals surface area contributed by atoms with Gasteiger partial charge in [-0.3, -0.25) is 4.79 Å². The van der Waals surface area contributed by atoms with E-state index in [4.69, 9.17) is 5.73 Å². The highest BCUT2D eigenvalue weighted by atomic mass is 16.5. The van der Waals surface area contributed by atoms with Gasteiger partial charge in [-0.15, -0.1) is 0 Å². The third kappa shape index (κ3) is 3.33. The molecule has 1 aromatic carbocycles. The third-order valence-electron chi connectivity index (χ3n) is 2.88. The number of esters is 1. The number of methoxy groups -OCH3 is 1. The lowest BCUT2D eigenvalue weighted by atomic mass is 10.2. The van der Waals surface area contributed by atoms with Crippen LogP contribution in [0.3, 0.4) is 0 Å². The SMILES string of the molecule is COC(=O)[C@H](N)CN(c1ccccc1)c1ccccn1. The normalized spacial score (nSPS) is 11.7. The topological polar surface area (TPSA) is 68.5 Å². The Kier molecular flexibility index (Phi) is 4.68. The van der Waals surface area contributed by atoms with Gasteiger partial charge >= 0.3 is 5.97 Å². The summed E-state index contributed by atoms with van der Waals surface area (Å²) in [6.45, 7) is 0.299. The van der Waals surface area contributed by atoms with E-state index in [1.807, 2.05) is 53.4 Å². The van der Waals surface area contributed by atoms with Gasteiger partial charge in [0, 0.05) is 11.9 Å². The number of nitrogens with zero attached hydrogens (tertiary/aromatic N) is 2. The number of nitrogens with two attached hydrogens (primary N) is 1. The first-order valence-electron chi connectivity index (χ1n) is 6.29. The smallest absolute Gasteiger partial charge is 0.324 e. The molecule has 0 aliphatic carbocycles. The van der Waals surface area contributed by atoms with Crippen LogP contribution < -0.4 is 10.6 Å². The summed E-state index contributed by atoms with van der Waals surface area (Å²) in [4.78, 5) is 17.7. The molecule has 5 heteroatoms. The number of ether oxygens (including phenoxy) is 1. The molecule has 0 bridgehead atoms. The average Bonchev–Trinajstić information content (AvgIpc) is 2.53. The van der Waals surface area contributed by atoms with Gasteiger partial charge in [-0.1, -0.05) is 24.3 Å². The standard InChI is InChI=1S/C15H17N3O2/c1-20-15(19)13(16)11-18(12-7-3-2-4-8-12)14-9-5-6-10-17-14/h2-10,13H,11,16H2,1H3/t13-/m1/s1. The molecule has 1 heterocycles. The van der Waals surface area contributed by atoms with Gasteiger partial charge in [0.25, 0.3) is 0 Å². The van der Waals surface area contributed by atoms with Crippen LogP contribution in [0, 0.1) is 0 Å².